The number of aromatic hydroxyl groups is 1. The van der Waals surface area contributed by atoms with Gasteiger partial charge in [0.15, 0.2) is 0 Å². The van der Waals surface area contributed by atoms with Gasteiger partial charge in [0.05, 0.1) is 18.3 Å². The van der Waals surface area contributed by atoms with Crippen molar-refractivity contribution in [2.24, 2.45) is 5.73 Å². The van der Waals surface area contributed by atoms with Crippen LogP contribution >= 0.6 is 0 Å². The van der Waals surface area contributed by atoms with Crippen LogP contribution in [-0.4, -0.2) is 22.0 Å². The van der Waals surface area contributed by atoms with Gasteiger partial charge in [-0.1, -0.05) is 18.2 Å². The second-order valence-electron chi connectivity index (χ2n) is 4.97. The molecule has 110 valence electrons. The van der Waals surface area contributed by atoms with Crippen LogP contribution in [0.2, 0.25) is 0 Å². The van der Waals surface area contributed by atoms with Gasteiger partial charge in [-0.05, 0) is 43.2 Å². The summed E-state index contributed by atoms with van der Waals surface area (Å²) in [5, 5.41) is 12.0. The van der Waals surface area contributed by atoms with Gasteiger partial charge in [0.1, 0.15) is 5.75 Å². The summed E-state index contributed by atoms with van der Waals surface area (Å²) in [7, 11) is 0. The minimum Gasteiger partial charge on any atom is -0.508 e. The topological polar surface area (TPSA) is 88.2 Å². The Labute approximate surface area is 123 Å². The molecular weight excluding hydrogens is 266 g/mol. The lowest BCUT2D eigenvalue weighted by Crippen LogP contribution is -2.41. The number of rotatable bonds is 5. The molecule has 1 amide bonds. The number of nitrogens with one attached hydrogen (secondary N) is 1. The van der Waals surface area contributed by atoms with E-state index in [0.717, 1.165) is 17.0 Å². The maximum atomic E-state index is 12.0. The van der Waals surface area contributed by atoms with Crippen molar-refractivity contribution in [2.75, 3.05) is 0 Å². The lowest BCUT2D eigenvalue weighted by molar-refractivity contribution is -0.122. The molecule has 0 radical (unpaired) electrons. The predicted octanol–water partition coefficient (Wildman–Crippen LogP) is 1.28. The van der Waals surface area contributed by atoms with E-state index in [1.54, 1.807) is 24.3 Å². The molecule has 0 fully saturated rings. The number of amides is 1. The third kappa shape index (κ3) is 4.57. The number of nitrogens with two attached hydrogens (primary N) is 1. The molecule has 1 aromatic carbocycles. The zero-order valence-corrected chi connectivity index (χ0v) is 11.9. The molecule has 1 heterocycles. The molecule has 2 aromatic rings. The van der Waals surface area contributed by atoms with Gasteiger partial charge in [0.25, 0.3) is 0 Å². The fraction of sp³-hybridized carbons (Fsp3) is 0.250. The third-order valence-electron chi connectivity index (χ3n) is 3.12. The largest absolute Gasteiger partial charge is 0.508 e. The fourth-order valence-electron chi connectivity index (χ4n) is 1.99. The van der Waals surface area contributed by atoms with Crippen molar-refractivity contribution in [3.8, 4) is 5.75 Å². The molecule has 1 atom stereocenters. The molecule has 0 saturated carbocycles. The molecule has 4 N–H and O–H groups in total. The SMILES string of the molecule is Cc1cccc(CNC(=O)C(N)Cc2ccc(O)cc2)n1. The number of pyridine rings is 1. The molecule has 0 saturated heterocycles. The summed E-state index contributed by atoms with van der Waals surface area (Å²) in [5.41, 5.74) is 8.51. The molecule has 1 unspecified atom stereocenters. The average molecular weight is 285 g/mol. The maximum absolute atomic E-state index is 12.0. The van der Waals surface area contributed by atoms with E-state index < -0.39 is 6.04 Å². The van der Waals surface area contributed by atoms with Crippen molar-refractivity contribution in [1.82, 2.24) is 10.3 Å². The van der Waals surface area contributed by atoms with E-state index in [2.05, 4.69) is 10.3 Å². The summed E-state index contributed by atoms with van der Waals surface area (Å²) in [6, 6.07) is 11.7. The number of hydrogen-bond donors (Lipinski definition) is 3. The summed E-state index contributed by atoms with van der Waals surface area (Å²) in [6.45, 7) is 2.27. The van der Waals surface area contributed by atoms with E-state index in [9.17, 15) is 9.90 Å². The van der Waals surface area contributed by atoms with Gasteiger partial charge in [-0.2, -0.15) is 0 Å². The highest BCUT2D eigenvalue weighted by atomic mass is 16.3. The molecule has 0 aliphatic carbocycles. The van der Waals surface area contributed by atoms with Gasteiger partial charge in [-0.3, -0.25) is 9.78 Å². The van der Waals surface area contributed by atoms with Crippen LogP contribution in [0.1, 0.15) is 17.0 Å². The molecule has 0 spiro atoms. The Hall–Kier alpha value is -2.40. The van der Waals surface area contributed by atoms with Gasteiger partial charge >= 0.3 is 0 Å². The maximum Gasteiger partial charge on any atom is 0.237 e. The quantitative estimate of drug-likeness (QED) is 0.772. The Morgan fingerprint density at radius 3 is 2.67 bits per heavy atom. The minimum atomic E-state index is -0.626. The Bertz CT molecular complexity index is 611. The van der Waals surface area contributed by atoms with Gasteiger partial charge in [0, 0.05) is 5.69 Å². The van der Waals surface area contributed by atoms with Crippen LogP contribution in [0.4, 0.5) is 0 Å². The highest BCUT2D eigenvalue weighted by molar-refractivity contribution is 5.81. The number of benzene rings is 1. The molecular formula is C16H19N3O2. The van der Waals surface area contributed by atoms with E-state index in [4.69, 9.17) is 5.73 Å². The number of aromatic nitrogens is 1. The van der Waals surface area contributed by atoms with Crippen molar-refractivity contribution >= 4 is 5.91 Å². The number of carbonyl (C=O) groups excluding carboxylic acids is 1. The zero-order chi connectivity index (χ0) is 15.2. The first-order valence-corrected chi connectivity index (χ1v) is 6.78. The lowest BCUT2D eigenvalue weighted by Gasteiger charge is -2.12. The second-order valence-corrected chi connectivity index (χ2v) is 4.97. The normalized spacial score (nSPS) is 11.9. The van der Waals surface area contributed by atoms with Crippen LogP contribution in [0.25, 0.3) is 0 Å². The second kappa shape index (κ2) is 6.85. The van der Waals surface area contributed by atoms with Gasteiger partial charge < -0.3 is 16.2 Å². The Morgan fingerprint density at radius 1 is 1.29 bits per heavy atom. The third-order valence-corrected chi connectivity index (χ3v) is 3.12. The Balaban J connectivity index is 1.86. The predicted molar refractivity (Wildman–Crippen MR) is 80.6 cm³/mol. The van der Waals surface area contributed by atoms with Crippen LogP contribution < -0.4 is 11.1 Å². The molecule has 21 heavy (non-hydrogen) atoms. The van der Waals surface area contributed by atoms with Crippen molar-refractivity contribution in [3.05, 3.63) is 59.4 Å². The van der Waals surface area contributed by atoms with E-state index in [-0.39, 0.29) is 11.7 Å². The van der Waals surface area contributed by atoms with Crippen LogP contribution in [0, 0.1) is 6.92 Å². The molecule has 2 rings (SSSR count). The van der Waals surface area contributed by atoms with Crippen LogP contribution in [-0.2, 0) is 17.8 Å². The smallest absolute Gasteiger partial charge is 0.237 e. The monoisotopic (exact) mass is 285 g/mol. The van der Waals surface area contributed by atoms with E-state index >= 15 is 0 Å². The molecule has 5 nitrogen and oxygen atoms in total. The number of phenols is 1. The minimum absolute atomic E-state index is 0.197. The first kappa shape index (κ1) is 15.0. The fourth-order valence-corrected chi connectivity index (χ4v) is 1.99. The first-order valence-electron chi connectivity index (χ1n) is 6.78. The van der Waals surface area contributed by atoms with E-state index in [1.165, 1.54) is 0 Å². The summed E-state index contributed by atoms with van der Waals surface area (Å²) in [4.78, 5) is 16.3. The zero-order valence-electron chi connectivity index (χ0n) is 11.9. The molecule has 0 bridgehead atoms. The first-order chi connectivity index (χ1) is 10.0. The number of phenolic OH excluding ortho intramolecular Hbond substituents is 1. The van der Waals surface area contributed by atoms with Crippen molar-refractivity contribution in [1.29, 1.82) is 0 Å². The Morgan fingerprint density at radius 2 is 2.00 bits per heavy atom. The molecule has 0 aliphatic heterocycles. The highest BCUT2D eigenvalue weighted by Crippen LogP contribution is 2.10. The average Bonchev–Trinajstić information content (AvgIpc) is 2.47. The standard InChI is InChI=1S/C16H19N3O2/c1-11-3-2-4-13(19-11)10-18-16(21)15(17)9-12-5-7-14(20)8-6-12/h2-8,15,20H,9-10,17H2,1H3,(H,18,21). The molecule has 5 heteroatoms. The number of aryl methyl sites for hydroxylation is 1. The molecule has 0 aliphatic rings. The van der Waals surface area contributed by atoms with Crippen LogP contribution in [0.15, 0.2) is 42.5 Å². The van der Waals surface area contributed by atoms with Crippen molar-refractivity contribution in [2.45, 2.75) is 25.9 Å². The van der Waals surface area contributed by atoms with E-state index in [0.29, 0.717) is 13.0 Å². The highest BCUT2D eigenvalue weighted by Gasteiger charge is 2.13. The summed E-state index contributed by atoms with van der Waals surface area (Å²) in [5.74, 6) is -0.0197. The summed E-state index contributed by atoms with van der Waals surface area (Å²) in [6.07, 6.45) is 0.424. The number of nitrogens with zero attached hydrogens (tertiary/aromatic N) is 1. The van der Waals surface area contributed by atoms with Crippen LogP contribution in [0.3, 0.4) is 0 Å². The lowest BCUT2D eigenvalue weighted by atomic mass is 10.1. The van der Waals surface area contributed by atoms with Crippen LogP contribution in [0.5, 0.6) is 5.75 Å². The van der Waals surface area contributed by atoms with Gasteiger partial charge in [-0.15, -0.1) is 0 Å². The molecule has 1 aromatic heterocycles. The summed E-state index contributed by atoms with van der Waals surface area (Å²) < 4.78 is 0. The number of hydrogen-bond acceptors (Lipinski definition) is 4. The van der Waals surface area contributed by atoms with Gasteiger partial charge in [0.2, 0.25) is 5.91 Å². The van der Waals surface area contributed by atoms with Crippen molar-refractivity contribution < 1.29 is 9.90 Å². The van der Waals surface area contributed by atoms with Crippen molar-refractivity contribution in [3.63, 3.8) is 0 Å². The van der Waals surface area contributed by atoms with E-state index in [1.807, 2.05) is 25.1 Å². The number of carbonyl (C=O) groups is 1. The summed E-state index contributed by atoms with van der Waals surface area (Å²) >= 11 is 0. The van der Waals surface area contributed by atoms with Gasteiger partial charge in [-0.25, -0.2) is 0 Å². The Kier molecular flexibility index (Phi) is 4.90.